The molecule has 1 amide bonds. The number of nitrogens with one attached hydrogen (secondary N) is 3. The second-order valence-electron chi connectivity index (χ2n) is 7.41. The van der Waals surface area contributed by atoms with E-state index < -0.39 is 11.7 Å². The maximum atomic E-state index is 14.5. The minimum absolute atomic E-state index is 0.112. The second-order valence-corrected chi connectivity index (χ2v) is 7.41. The van der Waals surface area contributed by atoms with Gasteiger partial charge in [-0.3, -0.25) is 14.7 Å². The molecule has 2 fully saturated rings. The molecule has 1 saturated carbocycles. The molecule has 7 heteroatoms. The highest BCUT2D eigenvalue weighted by Crippen LogP contribution is 2.42. The van der Waals surface area contributed by atoms with Crippen LogP contribution in [0, 0.1) is 5.82 Å². The smallest absolute Gasteiger partial charge is 0.252 e. The molecule has 1 aromatic carbocycles. The van der Waals surface area contributed by atoms with Crippen LogP contribution in [0.2, 0.25) is 0 Å². The summed E-state index contributed by atoms with van der Waals surface area (Å²) in [5, 5.41) is 10.6. The lowest BCUT2D eigenvalue weighted by Crippen LogP contribution is -2.37. The minimum Gasteiger partial charge on any atom is -0.356 e. The standard InChI is InChI=1S/C20H19FN4O2/c21-15-9-11(8-14-17(10-3-4-10)24-25-18(14)15)16-6-5-13(20(27)23-16)12-2-1-7-22-19(12)26/h5-6,8-10,12H,1-4,7H2,(H,22,26)(H,23,27)(H,24,25). The van der Waals surface area contributed by atoms with Gasteiger partial charge in [-0.05, 0) is 43.9 Å². The first-order valence-electron chi connectivity index (χ1n) is 9.30. The predicted molar refractivity (Wildman–Crippen MR) is 99.1 cm³/mol. The second kappa shape index (κ2) is 6.04. The van der Waals surface area contributed by atoms with Crippen LogP contribution in [0.3, 0.4) is 0 Å². The van der Waals surface area contributed by atoms with Crippen LogP contribution >= 0.6 is 0 Å². The average Bonchev–Trinajstić information content (AvgIpc) is 3.41. The Kier molecular flexibility index (Phi) is 3.63. The number of hydrogen-bond acceptors (Lipinski definition) is 3. The molecule has 0 spiro atoms. The summed E-state index contributed by atoms with van der Waals surface area (Å²) in [5.74, 6) is -0.538. The van der Waals surface area contributed by atoms with E-state index in [9.17, 15) is 14.0 Å². The molecule has 138 valence electrons. The first-order chi connectivity index (χ1) is 13.1. The topological polar surface area (TPSA) is 90.6 Å². The van der Waals surface area contributed by atoms with Gasteiger partial charge in [0.2, 0.25) is 5.91 Å². The number of hydrogen-bond donors (Lipinski definition) is 3. The molecular formula is C20H19FN4O2. The van der Waals surface area contributed by atoms with Crippen LogP contribution in [0.15, 0.2) is 29.1 Å². The van der Waals surface area contributed by atoms with Crippen LogP contribution in [0.4, 0.5) is 4.39 Å². The zero-order valence-electron chi connectivity index (χ0n) is 14.6. The van der Waals surface area contributed by atoms with Gasteiger partial charge in [-0.15, -0.1) is 0 Å². The lowest BCUT2D eigenvalue weighted by Gasteiger charge is -2.21. The molecular weight excluding hydrogens is 347 g/mol. The molecule has 2 aliphatic rings. The summed E-state index contributed by atoms with van der Waals surface area (Å²) in [6.45, 7) is 0.651. The van der Waals surface area contributed by atoms with Gasteiger partial charge in [-0.2, -0.15) is 5.10 Å². The van der Waals surface area contributed by atoms with Gasteiger partial charge in [-0.1, -0.05) is 6.07 Å². The Labute approximate surface area is 154 Å². The van der Waals surface area contributed by atoms with E-state index in [1.165, 1.54) is 6.07 Å². The summed E-state index contributed by atoms with van der Waals surface area (Å²) in [5.41, 5.74) is 2.58. The number of halogens is 1. The Morgan fingerprint density at radius 1 is 1.11 bits per heavy atom. The van der Waals surface area contributed by atoms with Crippen LogP contribution < -0.4 is 10.9 Å². The highest BCUT2D eigenvalue weighted by molar-refractivity contribution is 5.87. The van der Waals surface area contributed by atoms with Gasteiger partial charge in [0.05, 0.1) is 5.92 Å². The summed E-state index contributed by atoms with van der Waals surface area (Å²) in [4.78, 5) is 27.5. The summed E-state index contributed by atoms with van der Waals surface area (Å²) < 4.78 is 14.5. The number of pyridine rings is 1. The zero-order valence-corrected chi connectivity index (χ0v) is 14.6. The molecule has 3 N–H and O–H groups in total. The number of benzene rings is 1. The summed E-state index contributed by atoms with van der Waals surface area (Å²) in [7, 11) is 0. The number of rotatable bonds is 3. The van der Waals surface area contributed by atoms with Crippen LogP contribution in [-0.2, 0) is 4.79 Å². The lowest BCUT2D eigenvalue weighted by molar-refractivity contribution is -0.123. The molecule has 1 aliphatic heterocycles. The number of carbonyl (C=O) groups is 1. The number of carbonyl (C=O) groups excluding carboxylic acids is 1. The van der Waals surface area contributed by atoms with Gasteiger partial charge in [0.1, 0.15) is 5.52 Å². The van der Waals surface area contributed by atoms with Crippen LogP contribution in [0.5, 0.6) is 0 Å². The normalized spacial score (nSPS) is 20.0. The van der Waals surface area contributed by atoms with E-state index in [-0.39, 0.29) is 11.5 Å². The van der Waals surface area contributed by atoms with Gasteiger partial charge in [0, 0.05) is 40.4 Å². The predicted octanol–water partition coefficient (Wildman–Crippen LogP) is 2.93. The Morgan fingerprint density at radius 2 is 1.96 bits per heavy atom. The van der Waals surface area contributed by atoms with Gasteiger partial charge >= 0.3 is 0 Å². The van der Waals surface area contributed by atoms with Crippen molar-refractivity contribution >= 4 is 16.8 Å². The van der Waals surface area contributed by atoms with Crippen molar-refractivity contribution in [2.45, 2.75) is 37.5 Å². The number of H-pyrrole nitrogens is 2. The van der Waals surface area contributed by atoms with Crippen LogP contribution in [-0.4, -0.2) is 27.6 Å². The number of nitrogens with zero attached hydrogens (tertiary/aromatic N) is 1. The van der Waals surface area contributed by atoms with E-state index in [2.05, 4.69) is 20.5 Å². The van der Waals surface area contributed by atoms with Crippen molar-refractivity contribution in [3.8, 4) is 11.3 Å². The van der Waals surface area contributed by atoms with E-state index in [4.69, 9.17) is 0 Å². The lowest BCUT2D eigenvalue weighted by atomic mass is 9.91. The van der Waals surface area contributed by atoms with Crippen LogP contribution in [0.1, 0.15) is 48.8 Å². The van der Waals surface area contributed by atoms with E-state index in [0.29, 0.717) is 41.2 Å². The minimum atomic E-state index is -0.425. The number of fused-ring (bicyclic) bond motifs is 1. The Morgan fingerprint density at radius 3 is 2.70 bits per heavy atom. The average molecular weight is 366 g/mol. The van der Waals surface area contributed by atoms with Gasteiger partial charge in [0.25, 0.3) is 5.56 Å². The maximum Gasteiger partial charge on any atom is 0.252 e. The number of aromatic amines is 2. The van der Waals surface area contributed by atoms with Crippen molar-refractivity contribution in [2.75, 3.05) is 6.54 Å². The molecule has 1 saturated heterocycles. The molecule has 27 heavy (non-hydrogen) atoms. The highest BCUT2D eigenvalue weighted by atomic mass is 19.1. The SMILES string of the molecule is O=C1NCCCC1c1ccc(-c2cc(F)c3n[nH]c(C4CC4)c3c2)[nH]c1=O. The van der Waals surface area contributed by atoms with Gasteiger partial charge < -0.3 is 10.3 Å². The molecule has 1 atom stereocenters. The Balaban J connectivity index is 1.56. The molecule has 1 aliphatic carbocycles. The first kappa shape index (κ1) is 16.2. The maximum absolute atomic E-state index is 14.5. The van der Waals surface area contributed by atoms with Crippen molar-refractivity contribution < 1.29 is 9.18 Å². The largest absolute Gasteiger partial charge is 0.356 e. The fraction of sp³-hybridized carbons (Fsp3) is 0.350. The number of piperidine rings is 1. The third-order valence-corrected chi connectivity index (χ3v) is 5.54. The molecule has 0 bridgehead atoms. The highest BCUT2D eigenvalue weighted by Gasteiger charge is 2.29. The van der Waals surface area contributed by atoms with Crippen LogP contribution in [0.25, 0.3) is 22.2 Å². The fourth-order valence-corrected chi connectivity index (χ4v) is 3.93. The molecule has 3 aromatic rings. The first-order valence-corrected chi connectivity index (χ1v) is 9.30. The van der Waals surface area contributed by atoms with Crippen molar-refractivity contribution in [3.63, 3.8) is 0 Å². The quantitative estimate of drug-likeness (QED) is 0.666. The molecule has 5 rings (SSSR count). The number of aromatic nitrogens is 3. The Hall–Kier alpha value is -2.96. The van der Waals surface area contributed by atoms with E-state index >= 15 is 0 Å². The van der Waals surface area contributed by atoms with Gasteiger partial charge in [-0.25, -0.2) is 4.39 Å². The Bertz CT molecular complexity index is 1110. The molecule has 3 heterocycles. The van der Waals surface area contributed by atoms with Gasteiger partial charge in [0.15, 0.2) is 5.82 Å². The van der Waals surface area contributed by atoms with E-state index in [0.717, 1.165) is 30.3 Å². The van der Waals surface area contributed by atoms with Crippen molar-refractivity contribution in [1.29, 1.82) is 0 Å². The molecule has 1 unspecified atom stereocenters. The molecule has 2 aromatic heterocycles. The van der Waals surface area contributed by atoms with Crippen molar-refractivity contribution in [1.82, 2.24) is 20.5 Å². The van der Waals surface area contributed by atoms with E-state index in [1.807, 2.05) is 6.07 Å². The van der Waals surface area contributed by atoms with Crippen molar-refractivity contribution in [3.05, 3.63) is 51.7 Å². The zero-order chi connectivity index (χ0) is 18.5. The summed E-state index contributed by atoms with van der Waals surface area (Å²) >= 11 is 0. The van der Waals surface area contributed by atoms with Crippen molar-refractivity contribution in [2.24, 2.45) is 0 Å². The molecule has 0 radical (unpaired) electrons. The third-order valence-electron chi connectivity index (χ3n) is 5.54. The number of amides is 1. The fourth-order valence-electron chi connectivity index (χ4n) is 3.93. The molecule has 6 nitrogen and oxygen atoms in total. The van der Waals surface area contributed by atoms with E-state index in [1.54, 1.807) is 12.1 Å². The summed E-state index contributed by atoms with van der Waals surface area (Å²) in [6, 6.07) is 6.69. The summed E-state index contributed by atoms with van der Waals surface area (Å²) in [6.07, 6.45) is 3.68. The monoisotopic (exact) mass is 366 g/mol. The third kappa shape index (κ3) is 2.74.